The maximum atomic E-state index is 5.32. The molecule has 0 aromatic rings. The van der Waals surface area contributed by atoms with E-state index in [-0.39, 0.29) is 0 Å². The van der Waals surface area contributed by atoms with Crippen molar-refractivity contribution >= 4 is 17.3 Å². The average molecular weight is 284 g/mol. The summed E-state index contributed by atoms with van der Waals surface area (Å²) in [7, 11) is 0. The second-order valence-electron chi connectivity index (χ2n) is 4.31. The maximum Gasteiger partial charge on any atom is 0.185 e. The summed E-state index contributed by atoms with van der Waals surface area (Å²) in [6.07, 6.45) is 8.25. The van der Waals surface area contributed by atoms with Gasteiger partial charge in [-0.25, -0.2) is 5.84 Å². The van der Waals surface area contributed by atoms with Gasteiger partial charge < -0.3 is 15.5 Å². The van der Waals surface area contributed by atoms with Gasteiger partial charge in [0.15, 0.2) is 5.11 Å². The van der Waals surface area contributed by atoms with Crippen LogP contribution in [0.5, 0.6) is 0 Å². The summed E-state index contributed by atoms with van der Waals surface area (Å²) < 4.78 is 5.32. The maximum absolute atomic E-state index is 5.32. The molecule has 0 spiro atoms. The van der Waals surface area contributed by atoms with Gasteiger partial charge in [0.25, 0.3) is 0 Å². The predicted molar refractivity (Wildman–Crippen MR) is 82.4 cm³/mol. The highest BCUT2D eigenvalue weighted by Crippen LogP contribution is 2.01. The molecule has 0 atom stereocenters. The number of nitrogens with two attached hydrogens (primary N) is 1. The topological polar surface area (TPSA) is 62.5 Å². The molecule has 0 aliphatic carbocycles. The number of nitrogens with one attached hydrogen (secondary N) is 2. The Bertz CT molecular complexity index is 325. The predicted octanol–water partition coefficient (Wildman–Crippen LogP) is 0.897. The molecule has 0 unspecified atom stereocenters. The van der Waals surface area contributed by atoms with Crippen molar-refractivity contribution < 1.29 is 4.74 Å². The summed E-state index contributed by atoms with van der Waals surface area (Å²) in [6, 6.07) is 0. The SMILES string of the molecule is CC/C=C(\C=C/CCN1CCOCC1)NC(=S)NN. The molecule has 5 nitrogen and oxygen atoms in total. The van der Waals surface area contributed by atoms with Crippen molar-refractivity contribution in [1.82, 2.24) is 15.6 Å². The number of hydrogen-bond acceptors (Lipinski definition) is 4. The third kappa shape index (κ3) is 7.27. The van der Waals surface area contributed by atoms with E-state index in [1.54, 1.807) is 0 Å². The Kier molecular flexibility index (Phi) is 8.40. The van der Waals surface area contributed by atoms with Crippen molar-refractivity contribution in [3.8, 4) is 0 Å². The van der Waals surface area contributed by atoms with Crippen LogP contribution in [0.1, 0.15) is 19.8 Å². The monoisotopic (exact) mass is 284 g/mol. The molecule has 1 aliphatic rings. The molecule has 19 heavy (non-hydrogen) atoms. The molecule has 0 aromatic heterocycles. The van der Waals surface area contributed by atoms with Gasteiger partial charge in [-0.1, -0.05) is 19.1 Å². The van der Waals surface area contributed by atoms with Gasteiger partial charge >= 0.3 is 0 Å². The molecule has 0 bridgehead atoms. The van der Waals surface area contributed by atoms with Gasteiger partial charge in [0, 0.05) is 25.3 Å². The van der Waals surface area contributed by atoms with Crippen molar-refractivity contribution in [3.63, 3.8) is 0 Å². The number of hydrogen-bond donors (Lipinski definition) is 3. The van der Waals surface area contributed by atoms with Crippen LogP contribution in [0.25, 0.3) is 0 Å². The van der Waals surface area contributed by atoms with Gasteiger partial charge in [0.1, 0.15) is 0 Å². The Morgan fingerprint density at radius 2 is 2.16 bits per heavy atom. The zero-order valence-electron chi connectivity index (χ0n) is 11.5. The van der Waals surface area contributed by atoms with Gasteiger partial charge in [-0.15, -0.1) is 0 Å². The van der Waals surface area contributed by atoms with Crippen LogP contribution in [0.15, 0.2) is 23.9 Å². The highest BCUT2D eigenvalue weighted by Gasteiger charge is 2.08. The van der Waals surface area contributed by atoms with Crippen LogP contribution in [-0.4, -0.2) is 42.9 Å². The van der Waals surface area contributed by atoms with Gasteiger partial charge in [0.05, 0.1) is 13.2 Å². The van der Waals surface area contributed by atoms with Crippen LogP contribution >= 0.6 is 12.2 Å². The van der Waals surface area contributed by atoms with Crippen LogP contribution in [0.4, 0.5) is 0 Å². The molecule has 1 fully saturated rings. The van der Waals surface area contributed by atoms with Gasteiger partial charge in [0.2, 0.25) is 0 Å². The van der Waals surface area contributed by atoms with Gasteiger partial charge in [-0.2, -0.15) is 0 Å². The number of thiocarbonyl (C=S) groups is 1. The van der Waals surface area contributed by atoms with Crippen molar-refractivity contribution in [2.24, 2.45) is 5.84 Å². The third-order valence-electron chi connectivity index (χ3n) is 2.83. The fraction of sp³-hybridized carbons (Fsp3) is 0.615. The summed E-state index contributed by atoms with van der Waals surface area (Å²) >= 11 is 4.98. The molecule has 0 saturated carbocycles. The number of nitrogens with zero attached hydrogens (tertiary/aromatic N) is 1. The molecular weight excluding hydrogens is 260 g/mol. The zero-order chi connectivity index (χ0) is 13.9. The Morgan fingerprint density at radius 1 is 1.42 bits per heavy atom. The molecule has 1 saturated heterocycles. The van der Waals surface area contributed by atoms with E-state index >= 15 is 0 Å². The highest BCUT2D eigenvalue weighted by molar-refractivity contribution is 7.80. The molecule has 1 rings (SSSR count). The standard InChI is InChI=1S/C13H24N4OS/c1-2-5-12(15-13(19)16-14)6-3-4-7-17-8-10-18-11-9-17/h3,5-6H,2,4,7-11,14H2,1H3,(H2,15,16,19)/b6-3-,12-5+. The summed E-state index contributed by atoms with van der Waals surface area (Å²) in [5, 5.41) is 3.47. The van der Waals surface area contributed by atoms with E-state index in [1.165, 1.54) is 0 Å². The molecular formula is C13H24N4OS. The minimum atomic E-state index is 0.428. The molecule has 108 valence electrons. The Balaban J connectivity index is 2.30. The summed E-state index contributed by atoms with van der Waals surface area (Å²) in [5.41, 5.74) is 3.40. The van der Waals surface area contributed by atoms with Crippen LogP contribution in [-0.2, 0) is 4.74 Å². The summed E-state index contributed by atoms with van der Waals surface area (Å²) in [5.74, 6) is 5.25. The Labute approximate surface area is 120 Å². The Hall–Kier alpha value is -0.950. The minimum absolute atomic E-state index is 0.428. The van der Waals surface area contributed by atoms with E-state index in [9.17, 15) is 0 Å². The van der Waals surface area contributed by atoms with E-state index in [0.29, 0.717) is 5.11 Å². The number of morpholine rings is 1. The van der Waals surface area contributed by atoms with Crippen LogP contribution < -0.4 is 16.6 Å². The fourth-order valence-corrected chi connectivity index (χ4v) is 1.96. The quantitative estimate of drug-likeness (QED) is 0.291. The van der Waals surface area contributed by atoms with Gasteiger partial charge in [-0.05, 0) is 31.1 Å². The first-order valence-electron chi connectivity index (χ1n) is 6.70. The zero-order valence-corrected chi connectivity index (χ0v) is 12.3. The van der Waals surface area contributed by atoms with Crippen molar-refractivity contribution in [2.75, 3.05) is 32.8 Å². The molecule has 4 N–H and O–H groups in total. The van der Waals surface area contributed by atoms with E-state index < -0.39 is 0 Å². The average Bonchev–Trinajstić information content (AvgIpc) is 2.44. The lowest BCUT2D eigenvalue weighted by Crippen LogP contribution is -2.38. The number of allylic oxidation sites excluding steroid dienone is 2. The molecule has 0 aromatic carbocycles. The van der Waals surface area contributed by atoms with E-state index in [1.807, 2.05) is 6.08 Å². The van der Waals surface area contributed by atoms with Crippen LogP contribution in [0, 0.1) is 0 Å². The highest BCUT2D eigenvalue weighted by atomic mass is 32.1. The second-order valence-corrected chi connectivity index (χ2v) is 4.72. The summed E-state index contributed by atoms with van der Waals surface area (Å²) in [6.45, 7) is 6.92. The molecule has 1 aliphatic heterocycles. The molecule has 0 radical (unpaired) electrons. The first-order valence-corrected chi connectivity index (χ1v) is 7.11. The van der Waals surface area contributed by atoms with Crippen molar-refractivity contribution in [1.29, 1.82) is 0 Å². The van der Waals surface area contributed by atoms with Gasteiger partial charge in [-0.3, -0.25) is 4.90 Å². The van der Waals surface area contributed by atoms with Crippen molar-refractivity contribution in [3.05, 3.63) is 23.9 Å². The molecule has 1 heterocycles. The van der Waals surface area contributed by atoms with Crippen LogP contribution in [0.2, 0.25) is 0 Å². The first-order chi connectivity index (χ1) is 9.26. The van der Waals surface area contributed by atoms with E-state index in [4.69, 9.17) is 22.8 Å². The summed E-state index contributed by atoms with van der Waals surface area (Å²) in [4.78, 5) is 2.41. The van der Waals surface area contributed by atoms with Crippen molar-refractivity contribution in [2.45, 2.75) is 19.8 Å². The number of hydrazine groups is 1. The number of rotatable bonds is 6. The lowest BCUT2D eigenvalue weighted by atomic mass is 10.2. The van der Waals surface area contributed by atoms with E-state index in [2.05, 4.69) is 34.7 Å². The smallest absolute Gasteiger partial charge is 0.185 e. The molecule has 0 amide bonds. The lowest BCUT2D eigenvalue weighted by molar-refractivity contribution is 0.0387. The molecule has 6 heteroatoms. The Morgan fingerprint density at radius 3 is 2.79 bits per heavy atom. The lowest BCUT2D eigenvalue weighted by Gasteiger charge is -2.25. The first kappa shape index (κ1) is 16.1. The fourth-order valence-electron chi connectivity index (χ4n) is 1.84. The largest absolute Gasteiger partial charge is 0.379 e. The second kappa shape index (κ2) is 9.91. The normalized spacial score (nSPS) is 17.7. The number of ether oxygens (including phenoxy) is 1. The minimum Gasteiger partial charge on any atom is -0.379 e. The third-order valence-corrected chi connectivity index (χ3v) is 3.05. The van der Waals surface area contributed by atoms with E-state index in [0.717, 1.165) is 51.4 Å². The van der Waals surface area contributed by atoms with Crippen LogP contribution in [0.3, 0.4) is 0 Å².